The number of hydrogen-bond acceptors (Lipinski definition) is 8. The first kappa shape index (κ1) is 33.9. The number of Topliss-reactive ketones (excluding diaryl/α,β-unsaturated/α-hetero) is 1. The van der Waals surface area contributed by atoms with Crippen LogP contribution in [0.3, 0.4) is 0 Å². The number of amidine groups is 1. The number of ether oxygens (including phenoxy) is 3. The number of nitrogens with one attached hydrogen (secondary N) is 2. The Hall–Kier alpha value is -3.60. The van der Waals surface area contributed by atoms with Gasteiger partial charge in [-0.3, -0.25) is 15.0 Å². The maximum absolute atomic E-state index is 13.9. The highest BCUT2D eigenvalue weighted by Gasteiger charge is 2.36. The molecule has 234 valence electrons. The van der Waals surface area contributed by atoms with Crippen LogP contribution in [0.5, 0.6) is 11.5 Å². The third-order valence-electron chi connectivity index (χ3n) is 7.77. The van der Waals surface area contributed by atoms with Crippen LogP contribution in [0.4, 0.5) is 5.69 Å². The largest absolute Gasteiger partial charge is 0.494 e. The smallest absolute Gasteiger partial charge is 0.328 e. The number of nitrogens with zero attached hydrogens (tertiary/aromatic N) is 2. The Labute approximate surface area is 264 Å². The number of fused-ring (bicyclic) bond motifs is 1. The highest BCUT2D eigenvalue weighted by Crippen LogP contribution is 2.43. The molecule has 0 aromatic heterocycles. The van der Waals surface area contributed by atoms with Gasteiger partial charge in [0, 0.05) is 36.8 Å². The van der Waals surface area contributed by atoms with E-state index in [1.165, 1.54) is 0 Å². The molecule has 2 aromatic carbocycles. The minimum atomic E-state index is -0.452. The number of amides is 1. The zero-order valence-electron chi connectivity index (χ0n) is 26.1. The molecular formula is C32H43BrN4O6. The second-order valence-electron chi connectivity index (χ2n) is 11.6. The van der Waals surface area contributed by atoms with E-state index in [1.807, 2.05) is 17.9 Å². The minimum absolute atomic E-state index is 0. The maximum Gasteiger partial charge on any atom is 0.328 e. The molecule has 1 atom stereocenters. The Morgan fingerprint density at radius 3 is 2.42 bits per heavy atom. The van der Waals surface area contributed by atoms with Gasteiger partial charge in [0.15, 0.2) is 5.78 Å². The molecule has 0 radical (unpaired) electrons. The molecule has 2 heterocycles. The molecule has 2 aromatic rings. The molecule has 11 heteroatoms. The zero-order chi connectivity index (χ0) is 30.8. The van der Waals surface area contributed by atoms with Crippen LogP contribution < -0.4 is 19.7 Å². The third kappa shape index (κ3) is 6.82. The summed E-state index contributed by atoms with van der Waals surface area (Å²) in [4.78, 5) is 42.9. The summed E-state index contributed by atoms with van der Waals surface area (Å²) < 4.78 is 17.0. The molecule has 1 fully saturated rings. The van der Waals surface area contributed by atoms with Crippen molar-refractivity contribution in [1.82, 2.24) is 10.2 Å². The van der Waals surface area contributed by atoms with Crippen molar-refractivity contribution in [2.45, 2.75) is 65.5 Å². The average Bonchev–Trinajstić information content (AvgIpc) is 3.56. The Kier molecular flexibility index (Phi) is 10.9. The number of benzene rings is 2. The van der Waals surface area contributed by atoms with Crippen LogP contribution in [0, 0.1) is 5.41 Å². The normalized spacial score (nSPS) is 16.0. The number of anilines is 1. The van der Waals surface area contributed by atoms with Gasteiger partial charge in [0.25, 0.3) is 5.91 Å². The number of carbonyl (C=O) groups is 3. The second-order valence-corrected chi connectivity index (χ2v) is 11.6. The number of methoxy groups -OCH3 is 1. The Morgan fingerprint density at radius 2 is 1.81 bits per heavy atom. The van der Waals surface area contributed by atoms with Crippen LogP contribution >= 0.6 is 17.0 Å². The highest BCUT2D eigenvalue weighted by atomic mass is 79.9. The average molecular weight is 660 g/mol. The predicted octanol–water partition coefficient (Wildman–Crippen LogP) is 4.88. The SMILES string of the molecule is Br.CCOC(=O)C1CCCN1c1cc(C(=O)CN2Cc3cc(OCC)c(C(=O)NC)cc3C2=N)cc(C(C)(C)C)c1OC. The zero-order valence-corrected chi connectivity index (χ0v) is 27.8. The van der Waals surface area contributed by atoms with Gasteiger partial charge in [-0.2, -0.15) is 0 Å². The lowest BCUT2D eigenvalue weighted by molar-refractivity contribution is -0.144. The molecular weight excluding hydrogens is 616 g/mol. The van der Waals surface area contributed by atoms with E-state index in [4.69, 9.17) is 19.6 Å². The number of halogens is 1. The summed E-state index contributed by atoms with van der Waals surface area (Å²) in [5.74, 6) is 0.530. The molecule has 0 bridgehead atoms. The third-order valence-corrected chi connectivity index (χ3v) is 7.77. The van der Waals surface area contributed by atoms with Crippen molar-refractivity contribution in [2.24, 2.45) is 0 Å². The molecule has 1 amide bonds. The number of ketones is 1. The molecule has 1 unspecified atom stereocenters. The first-order chi connectivity index (χ1) is 19.9. The Morgan fingerprint density at radius 1 is 1.09 bits per heavy atom. The maximum atomic E-state index is 13.9. The van der Waals surface area contributed by atoms with Gasteiger partial charge in [0.1, 0.15) is 23.4 Å². The Balaban J connectivity index is 0.00000506. The van der Waals surface area contributed by atoms with Gasteiger partial charge in [-0.15, -0.1) is 17.0 Å². The predicted molar refractivity (Wildman–Crippen MR) is 172 cm³/mol. The molecule has 2 aliphatic rings. The molecule has 0 aliphatic carbocycles. The van der Waals surface area contributed by atoms with Crippen molar-refractivity contribution in [3.8, 4) is 11.5 Å². The van der Waals surface area contributed by atoms with E-state index in [0.29, 0.717) is 66.6 Å². The molecule has 0 spiro atoms. The van der Waals surface area contributed by atoms with E-state index >= 15 is 0 Å². The first-order valence-electron chi connectivity index (χ1n) is 14.5. The molecule has 10 nitrogen and oxygen atoms in total. The van der Waals surface area contributed by atoms with Gasteiger partial charge in [0.05, 0.1) is 38.1 Å². The summed E-state index contributed by atoms with van der Waals surface area (Å²) in [5, 5.41) is 11.5. The summed E-state index contributed by atoms with van der Waals surface area (Å²) in [6.45, 7) is 11.5. The molecule has 2 aliphatic heterocycles. The summed E-state index contributed by atoms with van der Waals surface area (Å²) in [6, 6.07) is 6.67. The first-order valence-corrected chi connectivity index (χ1v) is 14.5. The molecule has 2 N–H and O–H groups in total. The number of hydrogen-bond donors (Lipinski definition) is 2. The van der Waals surface area contributed by atoms with Gasteiger partial charge in [-0.05, 0) is 61.9 Å². The van der Waals surface area contributed by atoms with Crippen molar-refractivity contribution in [3.63, 3.8) is 0 Å². The van der Waals surface area contributed by atoms with Crippen LogP contribution in [-0.4, -0.2) is 74.9 Å². The van der Waals surface area contributed by atoms with Crippen molar-refractivity contribution >= 4 is 46.2 Å². The quantitative estimate of drug-likeness (QED) is 0.274. The number of esters is 1. The highest BCUT2D eigenvalue weighted by molar-refractivity contribution is 8.93. The fourth-order valence-corrected chi connectivity index (χ4v) is 5.71. The molecule has 0 saturated carbocycles. The van der Waals surface area contributed by atoms with Crippen molar-refractivity contribution in [1.29, 1.82) is 5.41 Å². The van der Waals surface area contributed by atoms with Crippen LogP contribution in [-0.2, 0) is 21.5 Å². The van der Waals surface area contributed by atoms with Crippen LogP contribution in [0.15, 0.2) is 24.3 Å². The summed E-state index contributed by atoms with van der Waals surface area (Å²) in [7, 11) is 3.16. The van der Waals surface area contributed by atoms with E-state index in [1.54, 1.807) is 44.2 Å². The summed E-state index contributed by atoms with van der Waals surface area (Å²) in [6.07, 6.45) is 1.48. The monoisotopic (exact) mass is 658 g/mol. The Bertz CT molecular complexity index is 1400. The molecule has 43 heavy (non-hydrogen) atoms. The minimum Gasteiger partial charge on any atom is -0.494 e. The van der Waals surface area contributed by atoms with Crippen molar-refractivity contribution in [3.05, 3.63) is 52.1 Å². The van der Waals surface area contributed by atoms with Gasteiger partial charge in [0.2, 0.25) is 0 Å². The lowest BCUT2D eigenvalue weighted by Crippen LogP contribution is -2.38. The van der Waals surface area contributed by atoms with Gasteiger partial charge in [-0.25, -0.2) is 4.79 Å². The van der Waals surface area contributed by atoms with Crippen LogP contribution in [0.1, 0.15) is 84.9 Å². The summed E-state index contributed by atoms with van der Waals surface area (Å²) >= 11 is 0. The van der Waals surface area contributed by atoms with E-state index < -0.39 is 6.04 Å². The lowest BCUT2D eigenvalue weighted by atomic mass is 9.84. The van der Waals surface area contributed by atoms with E-state index in [-0.39, 0.29) is 52.4 Å². The van der Waals surface area contributed by atoms with Crippen LogP contribution in [0.25, 0.3) is 0 Å². The van der Waals surface area contributed by atoms with Gasteiger partial charge < -0.3 is 29.3 Å². The van der Waals surface area contributed by atoms with E-state index in [2.05, 4.69) is 26.1 Å². The van der Waals surface area contributed by atoms with E-state index in [9.17, 15) is 14.4 Å². The topological polar surface area (TPSA) is 121 Å². The lowest BCUT2D eigenvalue weighted by Gasteiger charge is -2.31. The van der Waals surface area contributed by atoms with Gasteiger partial charge in [-0.1, -0.05) is 20.8 Å². The fourth-order valence-electron chi connectivity index (χ4n) is 5.71. The van der Waals surface area contributed by atoms with Crippen molar-refractivity contribution < 1.29 is 28.6 Å². The standard InChI is InChI=1S/C32H42N4O6.BrH/c1-8-41-27-15-20-17-35(29(33)21(20)16-22(27)30(38)34-6)18-26(37)19-13-23(32(3,4)5)28(40-7)25(14-19)36-12-10-11-24(36)31(39)42-9-2;/h13-16,24,33H,8-12,17-18H2,1-7H3,(H,34,38);1H. The number of rotatable bonds is 10. The van der Waals surface area contributed by atoms with Crippen molar-refractivity contribution in [2.75, 3.05) is 45.4 Å². The van der Waals surface area contributed by atoms with Crippen LogP contribution in [0.2, 0.25) is 0 Å². The number of carbonyl (C=O) groups excluding carboxylic acids is 3. The van der Waals surface area contributed by atoms with Gasteiger partial charge >= 0.3 is 5.97 Å². The molecule has 4 rings (SSSR count). The van der Waals surface area contributed by atoms with E-state index in [0.717, 1.165) is 17.5 Å². The second kappa shape index (κ2) is 13.8. The summed E-state index contributed by atoms with van der Waals surface area (Å²) in [5.41, 5.74) is 3.46. The fraction of sp³-hybridized carbons (Fsp3) is 0.500. The molecule has 1 saturated heterocycles.